The van der Waals surface area contributed by atoms with Crippen LogP contribution in [-0.4, -0.2) is 37.9 Å². The minimum absolute atomic E-state index is 0.0459. The van der Waals surface area contributed by atoms with Crippen molar-refractivity contribution in [1.82, 2.24) is 0 Å². The van der Waals surface area contributed by atoms with Crippen LogP contribution in [0.5, 0.6) is 0 Å². The van der Waals surface area contributed by atoms with Crippen molar-refractivity contribution in [2.24, 2.45) is 0 Å². The molecule has 0 aromatic heterocycles. The Bertz CT molecular complexity index is 1070. The lowest BCUT2D eigenvalue weighted by Gasteiger charge is -2.18. The highest BCUT2D eigenvalue weighted by atomic mass is 16.6. The quantitative estimate of drug-likeness (QED) is 0.0357. The highest BCUT2D eigenvalue weighted by molar-refractivity contribution is 5.70. The molecule has 0 fully saturated rings. The van der Waals surface area contributed by atoms with Crippen LogP contribution in [0.3, 0.4) is 0 Å². The number of carbonyl (C=O) groups excluding carboxylic acids is 2. The van der Waals surface area contributed by atoms with Gasteiger partial charge < -0.3 is 14.2 Å². The zero-order valence-electron chi connectivity index (χ0n) is 34.9. The minimum Gasteiger partial charge on any atom is -0.462 e. The molecule has 1 unspecified atom stereocenters. The Balaban J connectivity index is 4.31. The SMILES string of the molecule is CC/C=C\C/C=C\C/C=C\C/C=C\CCCCCCC(=O)OCC(COCCC/C=C\C/C=C\C/C=C\C/C=C\CC)OC(=O)CCCCCCCCC. The normalized spacial score (nSPS) is 13.2. The Kier molecular flexibility index (Phi) is 41.6. The maximum Gasteiger partial charge on any atom is 0.306 e. The summed E-state index contributed by atoms with van der Waals surface area (Å²) in [6.07, 6.45) is 58.5. The molecule has 0 bridgehead atoms. The van der Waals surface area contributed by atoms with Crippen LogP contribution in [0.4, 0.5) is 0 Å². The summed E-state index contributed by atoms with van der Waals surface area (Å²) in [5.74, 6) is -0.470. The lowest BCUT2D eigenvalue weighted by molar-refractivity contribution is -0.163. The van der Waals surface area contributed by atoms with E-state index in [2.05, 4.69) is 118 Å². The van der Waals surface area contributed by atoms with Gasteiger partial charge in [-0.25, -0.2) is 0 Å². The van der Waals surface area contributed by atoms with Crippen molar-refractivity contribution < 1.29 is 23.8 Å². The van der Waals surface area contributed by atoms with Gasteiger partial charge in [-0.1, -0.05) is 169 Å². The first-order chi connectivity index (χ1) is 26.6. The van der Waals surface area contributed by atoms with E-state index >= 15 is 0 Å². The van der Waals surface area contributed by atoms with Crippen LogP contribution in [0.1, 0.15) is 175 Å². The smallest absolute Gasteiger partial charge is 0.306 e. The summed E-state index contributed by atoms with van der Waals surface area (Å²) in [6.45, 7) is 7.37. The number of rotatable bonds is 38. The van der Waals surface area contributed by atoms with Crippen molar-refractivity contribution >= 4 is 11.9 Å². The van der Waals surface area contributed by atoms with E-state index in [0.29, 0.717) is 19.4 Å². The van der Waals surface area contributed by atoms with Gasteiger partial charge in [0.05, 0.1) is 6.61 Å². The molecule has 0 saturated carbocycles. The standard InChI is InChI=1S/C49H80O5/c1-4-7-10-13-16-18-20-22-24-25-26-27-29-31-34-36-39-42-48(50)53-46-47(54-49(51)43-40-37-33-15-12-9-6-3)45-52-44-41-38-35-32-30-28-23-21-19-17-14-11-8-5-2/h7-8,10-11,16-19,22-24,26-28,32,35,47H,4-6,9,12-15,20-21,25,29-31,33-34,36-46H2,1-3H3/b10-7-,11-8-,18-16-,19-17-,24-22-,27-26-,28-23-,35-32-. The summed E-state index contributed by atoms with van der Waals surface area (Å²) in [7, 11) is 0. The molecule has 0 aliphatic rings. The van der Waals surface area contributed by atoms with Crippen LogP contribution in [0.25, 0.3) is 0 Å². The first kappa shape index (κ1) is 50.8. The second-order valence-corrected chi connectivity index (χ2v) is 13.8. The topological polar surface area (TPSA) is 61.8 Å². The molecule has 5 heteroatoms. The van der Waals surface area contributed by atoms with Crippen LogP contribution in [0, 0.1) is 0 Å². The van der Waals surface area contributed by atoms with Crippen LogP contribution in [-0.2, 0) is 23.8 Å². The molecule has 0 aromatic rings. The zero-order chi connectivity index (χ0) is 39.3. The maximum absolute atomic E-state index is 12.6. The predicted octanol–water partition coefficient (Wildman–Crippen LogP) is 14.3. The molecule has 5 nitrogen and oxygen atoms in total. The van der Waals surface area contributed by atoms with E-state index in [1.165, 1.54) is 25.7 Å². The Morgan fingerprint density at radius 1 is 0.426 bits per heavy atom. The summed E-state index contributed by atoms with van der Waals surface area (Å²) in [5.41, 5.74) is 0. The first-order valence-corrected chi connectivity index (χ1v) is 21.8. The number of hydrogen-bond donors (Lipinski definition) is 0. The van der Waals surface area contributed by atoms with Crippen LogP contribution >= 0.6 is 0 Å². The van der Waals surface area contributed by atoms with E-state index in [0.717, 1.165) is 116 Å². The van der Waals surface area contributed by atoms with Gasteiger partial charge in [0.25, 0.3) is 0 Å². The van der Waals surface area contributed by atoms with Gasteiger partial charge in [0.1, 0.15) is 6.61 Å². The Hall–Kier alpha value is -3.18. The van der Waals surface area contributed by atoms with Crippen molar-refractivity contribution in [2.75, 3.05) is 19.8 Å². The molecule has 0 radical (unpaired) electrons. The van der Waals surface area contributed by atoms with Crippen LogP contribution in [0.15, 0.2) is 97.2 Å². The average Bonchev–Trinajstić information content (AvgIpc) is 3.17. The highest BCUT2D eigenvalue weighted by Gasteiger charge is 2.17. The summed E-state index contributed by atoms with van der Waals surface area (Å²) in [5, 5.41) is 0. The molecule has 0 spiro atoms. The van der Waals surface area contributed by atoms with Gasteiger partial charge >= 0.3 is 11.9 Å². The third-order valence-corrected chi connectivity index (χ3v) is 8.62. The molecule has 0 heterocycles. The lowest BCUT2D eigenvalue weighted by atomic mass is 10.1. The molecular weight excluding hydrogens is 669 g/mol. The average molecular weight is 749 g/mol. The molecule has 0 amide bonds. The summed E-state index contributed by atoms with van der Waals surface area (Å²) in [4.78, 5) is 25.1. The molecule has 0 N–H and O–H groups in total. The fraction of sp³-hybridized carbons (Fsp3) is 0.633. The van der Waals surface area contributed by atoms with Crippen molar-refractivity contribution in [3.8, 4) is 0 Å². The Morgan fingerprint density at radius 3 is 1.33 bits per heavy atom. The van der Waals surface area contributed by atoms with E-state index in [-0.39, 0.29) is 25.2 Å². The van der Waals surface area contributed by atoms with Gasteiger partial charge in [-0.2, -0.15) is 0 Å². The van der Waals surface area contributed by atoms with E-state index < -0.39 is 6.10 Å². The van der Waals surface area contributed by atoms with E-state index in [1.54, 1.807) is 0 Å². The van der Waals surface area contributed by atoms with Gasteiger partial charge in [-0.15, -0.1) is 0 Å². The molecule has 0 aliphatic carbocycles. The molecule has 0 saturated heterocycles. The molecule has 54 heavy (non-hydrogen) atoms. The van der Waals surface area contributed by atoms with Gasteiger partial charge in [-0.3, -0.25) is 9.59 Å². The monoisotopic (exact) mass is 749 g/mol. The molecule has 0 aliphatic heterocycles. The maximum atomic E-state index is 12.6. The fourth-order valence-corrected chi connectivity index (χ4v) is 5.44. The lowest BCUT2D eigenvalue weighted by Crippen LogP contribution is -2.30. The second-order valence-electron chi connectivity index (χ2n) is 13.8. The Morgan fingerprint density at radius 2 is 0.833 bits per heavy atom. The van der Waals surface area contributed by atoms with Crippen LogP contribution < -0.4 is 0 Å². The molecular formula is C49H80O5. The summed E-state index contributed by atoms with van der Waals surface area (Å²) < 4.78 is 17.1. The van der Waals surface area contributed by atoms with Crippen molar-refractivity contribution in [3.63, 3.8) is 0 Å². The van der Waals surface area contributed by atoms with E-state index in [4.69, 9.17) is 14.2 Å². The molecule has 1 atom stereocenters. The Labute approximate surface area is 332 Å². The molecule has 0 rings (SSSR count). The second kappa shape index (κ2) is 44.2. The number of allylic oxidation sites excluding steroid dienone is 16. The van der Waals surface area contributed by atoms with E-state index in [9.17, 15) is 9.59 Å². The number of unbranched alkanes of at least 4 members (excludes halogenated alkanes) is 11. The fourth-order valence-electron chi connectivity index (χ4n) is 5.44. The van der Waals surface area contributed by atoms with Crippen molar-refractivity contribution in [2.45, 2.75) is 181 Å². The van der Waals surface area contributed by atoms with Crippen molar-refractivity contribution in [3.05, 3.63) is 97.2 Å². The largest absolute Gasteiger partial charge is 0.462 e. The van der Waals surface area contributed by atoms with Gasteiger partial charge in [0.15, 0.2) is 6.10 Å². The third kappa shape index (κ3) is 41.6. The summed E-state index contributed by atoms with van der Waals surface area (Å²) in [6, 6.07) is 0. The van der Waals surface area contributed by atoms with Gasteiger partial charge in [-0.05, 0) is 89.9 Å². The molecule has 0 aromatic carbocycles. The summed E-state index contributed by atoms with van der Waals surface area (Å²) >= 11 is 0. The van der Waals surface area contributed by atoms with Crippen LogP contribution in [0.2, 0.25) is 0 Å². The zero-order valence-corrected chi connectivity index (χ0v) is 34.9. The van der Waals surface area contributed by atoms with Gasteiger partial charge in [0, 0.05) is 19.4 Å². The van der Waals surface area contributed by atoms with E-state index in [1.807, 2.05) is 0 Å². The van der Waals surface area contributed by atoms with Gasteiger partial charge in [0.2, 0.25) is 0 Å². The number of esters is 2. The number of carbonyl (C=O) groups is 2. The predicted molar refractivity (Wildman–Crippen MR) is 233 cm³/mol. The number of hydrogen-bond acceptors (Lipinski definition) is 5. The van der Waals surface area contributed by atoms with Crippen molar-refractivity contribution in [1.29, 1.82) is 0 Å². The molecule has 306 valence electrons. The first-order valence-electron chi connectivity index (χ1n) is 21.8. The minimum atomic E-state index is -0.575. The number of ether oxygens (including phenoxy) is 3. The highest BCUT2D eigenvalue weighted by Crippen LogP contribution is 2.11. The third-order valence-electron chi connectivity index (χ3n) is 8.62.